The molecule has 8 heteroatoms. The van der Waals surface area contributed by atoms with E-state index in [0.29, 0.717) is 67.6 Å². The number of aryl methyl sites for hydroxylation is 2. The molecule has 0 spiro atoms. The van der Waals surface area contributed by atoms with E-state index in [4.69, 9.17) is 27.8 Å². The molecule has 0 aliphatic heterocycles. The van der Waals surface area contributed by atoms with Gasteiger partial charge in [0, 0.05) is 12.1 Å². The molecule has 0 unspecified atom stereocenters. The van der Waals surface area contributed by atoms with Crippen LogP contribution >= 0.6 is 0 Å². The number of hydrogen-bond donors (Lipinski definition) is 0. The molecule has 8 nitrogen and oxygen atoms in total. The van der Waals surface area contributed by atoms with Crippen molar-refractivity contribution >= 4 is 21.9 Å². The number of hydrogen-bond acceptors (Lipinski definition) is 8. The molecule has 0 atom stereocenters. The van der Waals surface area contributed by atoms with Crippen LogP contribution in [0.25, 0.3) is 44.2 Å². The van der Waals surface area contributed by atoms with Gasteiger partial charge in [0.05, 0.1) is 36.1 Å². The van der Waals surface area contributed by atoms with Crippen molar-refractivity contribution in [1.82, 2.24) is 0 Å². The molecule has 0 bridgehead atoms. The van der Waals surface area contributed by atoms with Gasteiger partial charge in [-0.1, -0.05) is 24.3 Å². The minimum absolute atomic E-state index is 0.113. The summed E-state index contributed by atoms with van der Waals surface area (Å²) in [4.78, 5) is 26.6. The van der Waals surface area contributed by atoms with E-state index in [2.05, 4.69) is 0 Å². The van der Waals surface area contributed by atoms with Crippen LogP contribution in [0.15, 0.2) is 103 Å². The first-order chi connectivity index (χ1) is 21.4. The van der Waals surface area contributed by atoms with Crippen molar-refractivity contribution < 1.29 is 27.8 Å². The highest BCUT2D eigenvalue weighted by Crippen LogP contribution is 2.29. The van der Waals surface area contributed by atoms with E-state index in [1.807, 2.05) is 48.5 Å². The van der Waals surface area contributed by atoms with E-state index >= 15 is 0 Å². The average Bonchev–Trinajstić information content (AvgIpc) is 3.03. The second-order valence-corrected chi connectivity index (χ2v) is 10.2. The van der Waals surface area contributed by atoms with E-state index in [1.54, 1.807) is 64.5 Å². The summed E-state index contributed by atoms with van der Waals surface area (Å²) in [6.45, 7) is 4.04. The van der Waals surface area contributed by atoms with Crippen LogP contribution in [-0.4, -0.2) is 27.4 Å². The first-order valence-electron chi connectivity index (χ1n) is 14.1. The van der Waals surface area contributed by atoms with Gasteiger partial charge in [0.1, 0.15) is 58.9 Å². The Morgan fingerprint density at radius 3 is 1.25 bits per heavy atom. The highest BCUT2D eigenvalue weighted by Gasteiger charge is 2.16. The minimum atomic E-state index is -0.113. The first kappa shape index (κ1) is 28.6. The minimum Gasteiger partial charge on any atom is -0.497 e. The van der Waals surface area contributed by atoms with Gasteiger partial charge in [-0.3, -0.25) is 9.59 Å². The van der Waals surface area contributed by atoms with Crippen molar-refractivity contribution in [2.45, 2.75) is 13.8 Å². The van der Waals surface area contributed by atoms with E-state index in [1.165, 1.54) is 0 Å². The SMILES string of the molecule is COc1ccc(-c2c(C)oc3cc(OCCOc4ccc5c(=O)c(-c6ccc(OC)cc6)c(C)oc5c4)ccc3c2=O)cc1. The Labute approximate surface area is 253 Å². The zero-order chi connectivity index (χ0) is 30.8. The molecule has 2 heterocycles. The largest absolute Gasteiger partial charge is 0.497 e. The van der Waals surface area contributed by atoms with E-state index in [-0.39, 0.29) is 24.1 Å². The Morgan fingerprint density at radius 1 is 0.523 bits per heavy atom. The van der Waals surface area contributed by atoms with Gasteiger partial charge in [-0.25, -0.2) is 0 Å². The quantitative estimate of drug-likeness (QED) is 0.162. The van der Waals surface area contributed by atoms with Crippen LogP contribution in [0.2, 0.25) is 0 Å². The molecule has 6 rings (SSSR count). The average molecular weight is 591 g/mol. The zero-order valence-electron chi connectivity index (χ0n) is 24.8. The molecular formula is C36H30O8. The molecule has 0 aliphatic carbocycles. The van der Waals surface area contributed by atoms with Gasteiger partial charge in [-0.2, -0.15) is 0 Å². The monoisotopic (exact) mass is 590 g/mol. The summed E-state index contributed by atoms with van der Waals surface area (Å²) in [5.41, 5.74) is 3.21. The van der Waals surface area contributed by atoms with Gasteiger partial charge >= 0.3 is 0 Å². The molecule has 222 valence electrons. The Bertz CT molecular complexity index is 1940. The molecule has 0 radical (unpaired) electrons. The lowest BCUT2D eigenvalue weighted by Crippen LogP contribution is -2.10. The van der Waals surface area contributed by atoms with Gasteiger partial charge in [0.25, 0.3) is 0 Å². The molecule has 0 saturated heterocycles. The molecule has 0 N–H and O–H groups in total. The van der Waals surface area contributed by atoms with Crippen LogP contribution in [0.3, 0.4) is 0 Å². The predicted octanol–water partition coefficient (Wildman–Crippen LogP) is 7.33. The van der Waals surface area contributed by atoms with Crippen molar-refractivity contribution in [3.8, 4) is 45.3 Å². The maximum absolute atomic E-state index is 13.3. The predicted molar refractivity (Wildman–Crippen MR) is 169 cm³/mol. The summed E-state index contributed by atoms with van der Waals surface area (Å²) >= 11 is 0. The first-order valence-corrected chi connectivity index (χ1v) is 14.1. The maximum atomic E-state index is 13.3. The summed E-state index contributed by atoms with van der Waals surface area (Å²) in [5, 5.41) is 0.932. The Hall–Kier alpha value is -5.50. The normalized spacial score (nSPS) is 11.1. The van der Waals surface area contributed by atoms with E-state index in [9.17, 15) is 9.59 Å². The molecule has 6 aromatic rings. The van der Waals surface area contributed by atoms with Crippen LogP contribution in [0.1, 0.15) is 11.5 Å². The third kappa shape index (κ3) is 5.49. The van der Waals surface area contributed by atoms with Crippen molar-refractivity contribution in [2.75, 3.05) is 27.4 Å². The lowest BCUT2D eigenvalue weighted by molar-refractivity contribution is 0.217. The van der Waals surface area contributed by atoms with Crippen molar-refractivity contribution in [1.29, 1.82) is 0 Å². The molecule has 4 aromatic carbocycles. The van der Waals surface area contributed by atoms with Crippen molar-refractivity contribution in [3.63, 3.8) is 0 Å². The van der Waals surface area contributed by atoms with Gasteiger partial charge < -0.3 is 27.8 Å². The number of fused-ring (bicyclic) bond motifs is 2. The van der Waals surface area contributed by atoms with Crippen LogP contribution in [0.5, 0.6) is 23.0 Å². The van der Waals surface area contributed by atoms with Crippen molar-refractivity contribution in [2.24, 2.45) is 0 Å². The van der Waals surface area contributed by atoms with Gasteiger partial charge in [-0.15, -0.1) is 0 Å². The van der Waals surface area contributed by atoms with Crippen LogP contribution in [-0.2, 0) is 0 Å². The summed E-state index contributed by atoms with van der Waals surface area (Å²) in [6.07, 6.45) is 0. The number of ether oxygens (including phenoxy) is 4. The second-order valence-electron chi connectivity index (χ2n) is 10.2. The smallest absolute Gasteiger partial charge is 0.200 e. The van der Waals surface area contributed by atoms with Gasteiger partial charge in [0.15, 0.2) is 0 Å². The summed E-state index contributed by atoms with van der Waals surface area (Å²) in [7, 11) is 3.20. The van der Waals surface area contributed by atoms with E-state index < -0.39 is 0 Å². The fraction of sp³-hybridized carbons (Fsp3) is 0.167. The lowest BCUT2D eigenvalue weighted by Gasteiger charge is -2.11. The molecular weight excluding hydrogens is 560 g/mol. The highest BCUT2D eigenvalue weighted by atomic mass is 16.5. The number of benzene rings is 4. The van der Waals surface area contributed by atoms with Crippen LogP contribution in [0.4, 0.5) is 0 Å². The number of methoxy groups -OCH3 is 2. The Morgan fingerprint density at radius 2 is 0.886 bits per heavy atom. The summed E-state index contributed by atoms with van der Waals surface area (Å²) in [5.74, 6) is 3.55. The van der Waals surface area contributed by atoms with E-state index in [0.717, 1.165) is 11.1 Å². The second kappa shape index (κ2) is 12.0. The molecule has 0 aliphatic rings. The van der Waals surface area contributed by atoms with Crippen LogP contribution in [0, 0.1) is 13.8 Å². The number of rotatable bonds is 9. The molecule has 0 fully saturated rings. The maximum Gasteiger partial charge on any atom is 0.200 e. The molecule has 0 saturated carbocycles. The lowest BCUT2D eigenvalue weighted by atomic mass is 10.0. The standard InChI is InChI=1S/C36H30O8/c1-21-33(23-5-9-25(39-3)10-6-23)35(37)29-15-13-27(19-31(29)43-21)41-17-18-42-28-14-16-30-32(20-28)44-22(2)34(36(30)38)24-7-11-26(40-4)12-8-24/h5-16,19-20H,17-18H2,1-4H3. The van der Waals surface area contributed by atoms with Crippen molar-refractivity contribution in [3.05, 3.63) is 117 Å². The van der Waals surface area contributed by atoms with Gasteiger partial charge in [0.2, 0.25) is 10.9 Å². The molecule has 44 heavy (non-hydrogen) atoms. The third-order valence-corrected chi connectivity index (χ3v) is 7.46. The van der Waals surface area contributed by atoms with Crippen LogP contribution < -0.4 is 29.8 Å². The Kier molecular flexibility index (Phi) is 7.81. The molecule has 0 amide bonds. The summed E-state index contributed by atoms with van der Waals surface area (Å²) in [6, 6.07) is 24.9. The Balaban J connectivity index is 1.14. The zero-order valence-corrected chi connectivity index (χ0v) is 24.8. The fourth-order valence-electron chi connectivity index (χ4n) is 5.25. The third-order valence-electron chi connectivity index (χ3n) is 7.46. The van der Waals surface area contributed by atoms with Gasteiger partial charge in [-0.05, 0) is 73.5 Å². The highest BCUT2D eigenvalue weighted by molar-refractivity contribution is 5.85. The topological polar surface area (TPSA) is 97.3 Å². The molecule has 2 aromatic heterocycles. The summed E-state index contributed by atoms with van der Waals surface area (Å²) < 4.78 is 34.2. The fourth-order valence-corrected chi connectivity index (χ4v) is 5.25.